The smallest absolute Gasteiger partial charge is 0.305 e. The number of carbonyl (C=O) groups excluding carboxylic acids is 2. The molecular formula is C69H125NO10. The van der Waals surface area contributed by atoms with Crippen LogP contribution in [0.25, 0.3) is 0 Å². The van der Waals surface area contributed by atoms with Gasteiger partial charge in [0.05, 0.1) is 32.0 Å². The third-order valence-electron chi connectivity index (χ3n) is 15.6. The number of amides is 1. The van der Waals surface area contributed by atoms with E-state index in [1.54, 1.807) is 6.08 Å². The Labute approximate surface area is 490 Å². The molecule has 0 aromatic rings. The van der Waals surface area contributed by atoms with Gasteiger partial charge in [0.25, 0.3) is 0 Å². The van der Waals surface area contributed by atoms with E-state index in [0.717, 1.165) is 96.3 Å². The Morgan fingerprint density at radius 1 is 0.475 bits per heavy atom. The van der Waals surface area contributed by atoms with E-state index in [4.69, 9.17) is 14.2 Å². The molecule has 0 radical (unpaired) electrons. The molecule has 0 spiro atoms. The van der Waals surface area contributed by atoms with Crippen LogP contribution in [-0.2, 0) is 23.8 Å². The van der Waals surface area contributed by atoms with Crippen molar-refractivity contribution in [3.8, 4) is 0 Å². The number of hydrogen-bond donors (Lipinski definition) is 6. The van der Waals surface area contributed by atoms with E-state index in [-0.39, 0.29) is 18.5 Å². The molecule has 6 N–H and O–H groups in total. The summed E-state index contributed by atoms with van der Waals surface area (Å²) in [5.74, 6) is -0.204. The number of ether oxygens (including phenoxy) is 3. The van der Waals surface area contributed by atoms with Crippen molar-refractivity contribution in [3.63, 3.8) is 0 Å². The number of aliphatic hydroxyl groups is 5. The quantitative estimate of drug-likeness (QED) is 0.0195. The molecule has 1 aliphatic rings. The van der Waals surface area contributed by atoms with Gasteiger partial charge in [0.2, 0.25) is 5.91 Å². The highest BCUT2D eigenvalue weighted by Crippen LogP contribution is 2.23. The lowest BCUT2D eigenvalue weighted by Crippen LogP contribution is -2.60. The van der Waals surface area contributed by atoms with Crippen molar-refractivity contribution in [2.75, 3.05) is 19.8 Å². The summed E-state index contributed by atoms with van der Waals surface area (Å²) >= 11 is 0. The third kappa shape index (κ3) is 46.8. The van der Waals surface area contributed by atoms with Crippen LogP contribution >= 0.6 is 0 Å². The van der Waals surface area contributed by atoms with Crippen LogP contribution in [0.4, 0.5) is 0 Å². The van der Waals surface area contributed by atoms with Gasteiger partial charge in [-0.2, -0.15) is 0 Å². The fourth-order valence-corrected chi connectivity index (χ4v) is 10.3. The van der Waals surface area contributed by atoms with Gasteiger partial charge in [-0.3, -0.25) is 9.59 Å². The first-order chi connectivity index (χ1) is 39.2. The second kappa shape index (κ2) is 58.1. The van der Waals surface area contributed by atoms with Crippen LogP contribution in [-0.4, -0.2) is 100 Å². The summed E-state index contributed by atoms with van der Waals surface area (Å²) in [6.45, 7) is 4.21. The second-order valence-electron chi connectivity index (χ2n) is 23.1. The van der Waals surface area contributed by atoms with Crippen molar-refractivity contribution in [1.29, 1.82) is 0 Å². The first kappa shape index (κ1) is 75.4. The van der Waals surface area contributed by atoms with E-state index in [0.29, 0.717) is 19.4 Å². The van der Waals surface area contributed by atoms with Crippen LogP contribution in [0.1, 0.15) is 303 Å². The van der Waals surface area contributed by atoms with E-state index in [1.807, 2.05) is 6.08 Å². The Balaban J connectivity index is 1.98. The first-order valence-electron chi connectivity index (χ1n) is 33.6. The van der Waals surface area contributed by atoms with Crippen molar-refractivity contribution < 1.29 is 49.3 Å². The molecule has 1 heterocycles. The van der Waals surface area contributed by atoms with Crippen LogP contribution in [0.2, 0.25) is 0 Å². The predicted molar refractivity (Wildman–Crippen MR) is 333 cm³/mol. The zero-order valence-electron chi connectivity index (χ0n) is 51.5. The molecule has 80 heavy (non-hydrogen) atoms. The topological polar surface area (TPSA) is 175 Å². The van der Waals surface area contributed by atoms with Gasteiger partial charge in [-0.25, -0.2) is 0 Å². The number of nitrogens with one attached hydrogen (secondary N) is 1. The Bertz CT molecular complexity index is 1510. The van der Waals surface area contributed by atoms with Crippen molar-refractivity contribution in [2.24, 2.45) is 0 Å². The normalized spacial score (nSPS) is 18.7. The predicted octanol–water partition coefficient (Wildman–Crippen LogP) is 16.6. The Kier molecular flexibility index (Phi) is 54.8. The SMILES string of the molecule is CC/C=C/CC/C=C/CC/C=C/C(O)C(COC1OC(CO)C(O)C(O)C1O)NC(=O)CCCCCCCCCCC/C=C\C/C=C\CCCCCCCCCCCOC(=O)CCCCCCCCCCCCCCCCCCC. The van der Waals surface area contributed by atoms with Crippen LogP contribution in [0.3, 0.4) is 0 Å². The molecule has 0 bridgehead atoms. The van der Waals surface area contributed by atoms with Crippen LogP contribution in [0.15, 0.2) is 60.8 Å². The van der Waals surface area contributed by atoms with Crippen molar-refractivity contribution in [1.82, 2.24) is 5.32 Å². The summed E-state index contributed by atoms with van der Waals surface area (Å²) in [7, 11) is 0. The molecule has 1 aliphatic heterocycles. The van der Waals surface area contributed by atoms with Crippen LogP contribution < -0.4 is 5.32 Å². The van der Waals surface area contributed by atoms with E-state index in [2.05, 4.69) is 67.8 Å². The monoisotopic (exact) mass is 1130 g/mol. The summed E-state index contributed by atoms with van der Waals surface area (Å²) in [6.07, 6.45) is 66.5. The molecule has 1 amide bonds. The fraction of sp³-hybridized carbons (Fsp3) is 0.826. The molecule has 0 saturated carbocycles. The van der Waals surface area contributed by atoms with Gasteiger partial charge in [0, 0.05) is 12.8 Å². The lowest BCUT2D eigenvalue weighted by molar-refractivity contribution is -0.302. The maximum absolute atomic E-state index is 13.0. The van der Waals surface area contributed by atoms with Gasteiger partial charge in [0.15, 0.2) is 6.29 Å². The summed E-state index contributed by atoms with van der Waals surface area (Å²) < 4.78 is 16.7. The van der Waals surface area contributed by atoms with Gasteiger partial charge < -0.3 is 45.1 Å². The number of aliphatic hydroxyl groups excluding tert-OH is 5. The average Bonchev–Trinajstić information content (AvgIpc) is 3.45. The molecule has 0 aliphatic carbocycles. The molecule has 0 aromatic heterocycles. The number of rotatable bonds is 58. The highest BCUT2D eigenvalue weighted by atomic mass is 16.7. The van der Waals surface area contributed by atoms with Crippen LogP contribution in [0.5, 0.6) is 0 Å². The molecule has 1 saturated heterocycles. The number of unbranched alkanes of at least 4 members (excludes halogenated alkanes) is 36. The molecule has 0 aromatic carbocycles. The number of esters is 1. The average molecular weight is 1130 g/mol. The van der Waals surface area contributed by atoms with Gasteiger partial charge in [-0.1, -0.05) is 267 Å². The van der Waals surface area contributed by atoms with E-state index in [1.165, 1.54) is 180 Å². The highest BCUT2D eigenvalue weighted by Gasteiger charge is 2.44. The summed E-state index contributed by atoms with van der Waals surface area (Å²) in [4.78, 5) is 25.1. The minimum Gasteiger partial charge on any atom is -0.466 e. The molecular weight excluding hydrogens is 1000 g/mol. The minimum atomic E-state index is -1.58. The number of allylic oxidation sites excluding steroid dienone is 9. The number of carbonyl (C=O) groups is 2. The third-order valence-corrected chi connectivity index (χ3v) is 15.6. The lowest BCUT2D eigenvalue weighted by Gasteiger charge is -2.40. The molecule has 1 fully saturated rings. The largest absolute Gasteiger partial charge is 0.466 e. The van der Waals surface area contributed by atoms with Crippen molar-refractivity contribution in [2.45, 2.75) is 346 Å². The summed E-state index contributed by atoms with van der Waals surface area (Å²) in [5, 5.41) is 54.2. The Hall–Kier alpha value is -2.64. The maximum Gasteiger partial charge on any atom is 0.305 e. The maximum atomic E-state index is 13.0. The molecule has 7 unspecified atom stereocenters. The summed E-state index contributed by atoms with van der Waals surface area (Å²) in [5.41, 5.74) is 0. The Morgan fingerprint density at radius 2 is 0.887 bits per heavy atom. The van der Waals surface area contributed by atoms with Gasteiger partial charge in [-0.15, -0.1) is 0 Å². The minimum absolute atomic E-state index is 0.00135. The molecule has 1 rings (SSSR count). The zero-order valence-corrected chi connectivity index (χ0v) is 51.5. The van der Waals surface area contributed by atoms with Gasteiger partial charge >= 0.3 is 5.97 Å². The first-order valence-corrected chi connectivity index (χ1v) is 33.6. The van der Waals surface area contributed by atoms with Crippen molar-refractivity contribution >= 4 is 11.9 Å². The molecule has 11 nitrogen and oxygen atoms in total. The Morgan fingerprint density at radius 3 is 1.36 bits per heavy atom. The lowest BCUT2D eigenvalue weighted by atomic mass is 9.99. The van der Waals surface area contributed by atoms with E-state index >= 15 is 0 Å². The second-order valence-corrected chi connectivity index (χ2v) is 23.1. The standard InChI is InChI=1S/C69H125NO10/c1-3-5-7-9-11-13-15-16-17-27-31-34-37-41-45-49-53-57-65(74)78-58-54-50-46-42-38-35-32-29-26-24-22-20-18-19-21-23-25-28-30-33-36-40-44-48-52-56-64(73)70-61(60-79-69-68(77)67(76)66(75)63(59-71)80-69)62(72)55-51-47-43-39-14-12-10-8-6-4-2/h6,8,14,19-22,39,51,55,61-63,66-69,71-72,75-77H,3-5,7,9-13,15-18,23-38,40-50,52-54,56-60H2,1-2H3,(H,70,73)/b8-6+,21-19-,22-20-,39-14+,55-51+. The molecule has 466 valence electrons. The van der Waals surface area contributed by atoms with Gasteiger partial charge in [-0.05, 0) is 83.5 Å². The zero-order chi connectivity index (χ0) is 58.0. The van der Waals surface area contributed by atoms with Gasteiger partial charge in [0.1, 0.15) is 24.4 Å². The number of hydrogen-bond acceptors (Lipinski definition) is 10. The highest BCUT2D eigenvalue weighted by molar-refractivity contribution is 5.76. The molecule has 11 heteroatoms. The van der Waals surface area contributed by atoms with Crippen LogP contribution in [0, 0.1) is 0 Å². The van der Waals surface area contributed by atoms with E-state index in [9.17, 15) is 35.1 Å². The molecule has 7 atom stereocenters. The van der Waals surface area contributed by atoms with Crippen molar-refractivity contribution in [3.05, 3.63) is 60.8 Å². The summed E-state index contributed by atoms with van der Waals surface area (Å²) in [6, 6.07) is -0.839. The van der Waals surface area contributed by atoms with E-state index < -0.39 is 49.5 Å². The fourth-order valence-electron chi connectivity index (χ4n) is 10.3.